The van der Waals surface area contributed by atoms with Crippen molar-refractivity contribution in [3.8, 4) is 6.07 Å². The molecule has 0 fully saturated rings. The summed E-state index contributed by atoms with van der Waals surface area (Å²) in [6, 6.07) is 2.57. The molecule has 0 saturated heterocycles. The van der Waals surface area contributed by atoms with E-state index in [-0.39, 0.29) is 17.0 Å². The monoisotopic (exact) mass is 299 g/mol. The lowest BCUT2D eigenvalue weighted by Crippen LogP contribution is -2.34. The number of sulfonamides is 1. The average molecular weight is 299 g/mol. The van der Waals surface area contributed by atoms with E-state index in [0.717, 1.165) is 10.4 Å². The maximum absolute atomic E-state index is 12.4. The van der Waals surface area contributed by atoms with Gasteiger partial charge in [-0.3, -0.25) is 0 Å². The Kier molecular flexibility index (Phi) is 4.92. The SMILES string of the molecule is CCn1cc(S(=O)(=O)N(C)C(C)CC#N)cc1C(=O)O. The van der Waals surface area contributed by atoms with E-state index in [0.29, 0.717) is 6.54 Å². The van der Waals surface area contributed by atoms with Crippen molar-refractivity contribution in [2.24, 2.45) is 0 Å². The summed E-state index contributed by atoms with van der Waals surface area (Å²) in [6.45, 7) is 3.70. The van der Waals surface area contributed by atoms with E-state index < -0.39 is 22.0 Å². The molecule has 110 valence electrons. The molecule has 0 aliphatic carbocycles. The smallest absolute Gasteiger partial charge is 0.352 e. The molecule has 1 heterocycles. The van der Waals surface area contributed by atoms with Gasteiger partial charge in [0.2, 0.25) is 10.0 Å². The Morgan fingerprint density at radius 1 is 1.60 bits per heavy atom. The van der Waals surface area contributed by atoms with Crippen LogP contribution in [0, 0.1) is 11.3 Å². The molecule has 0 radical (unpaired) electrons. The van der Waals surface area contributed by atoms with Gasteiger partial charge in [0, 0.05) is 25.8 Å². The van der Waals surface area contributed by atoms with Gasteiger partial charge in [-0.15, -0.1) is 0 Å². The van der Waals surface area contributed by atoms with Gasteiger partial charge in [0.1, 0.15) is 10.6 Å². The van der Waals surface area contributed by atoms with Crippen LogP contribution in [0.25, 0.3) is 0 Å². The minimum absolute atomic E-state index is 0.0655. The summed E-state index contributed by atoms with van der Waals surface area (Å²) in [6.07, 6.45) is 1.37. The van der Waals surface area contributed by atoms with E-state index in [2.05, 4.69) is 0 Å². The van der Waals surface area contributed by atoms with E-state index in [9.17, 15) is 13.2 Å². The minimum Gasteiger partial charge on any atom is -0.477 e. The molecule has 0 saturated carbocycles. The molecule has 7 nitrogen and oxygen atoms in total. The first-order valence-corrected chi connectivity index (χ1v) is 7.48. The molecule has 1 aromatic rings. The molecule has 8 heteroatoms. The number of carboxylic acid groups (broad SMARTS) is 1. The number of hydrogen-bond acceptors (Lipinski definition) is 4. The average Bonchev–Trinajstić information content (AvgIpc) is 2.82. The molecular formula is C12H17N3O4S. The van der Waals surface area contributed by atoms with Crippen molar-refractivity contribution in [2.45, 2.75) is 37.8 Å². The first kappa shape index (κ1) is 16.2. The molecule has 1 atom stereocenters. The van der Waals surface area contributed by atoms with Crippen LogP contribution < -0.4 is 0 Å². The standard InChI is InChI=1S/C12H17N3O4S/c1-4-15-8-10(7-11(15)12(16)17)20(18,19)14(3)9(2)5-6-13/h7-9H,4-5H2,1-3H3,(H,16,17). The number of carbonyl (C=O) groups is 1. The van der Waals surface area contributed by atoms with Gasteiger partial charge in [0.05, 0.1) is 12.5 Å². The van der Waals surface area contributed by atoms with Gasteiger partial charge in [-0.05, 0) is 19.9 Å². The lowest BCUT2D eigenvalue weighted by Gasteiger charge is -2.21. The van der Waals surface area contributed by atoms with Crippen LogP contribution >= 0.6 is 0 Å². The number of hydrogen-bond donors (Lipinski definition) is 1. The van der Waals surface area contributed by atoms with E-state index in [4.69, 9.17) is 10.4 Å². The van der Waals surface area contributed by atoms with Crippen molar-refractivity contribution in [3.63, 3.8) is 0 Å². The number of aromatic nitrogens is 1. The quantitative estimate of drug-likeness (QED) is 0.848. The van der Waals surface area contributed by atoms with Crippen LogP contribution in [-0.2, 0) is 16.6 Å². The van der Waals surface area contributed by atoms with Crippen LogP contribution in [0.3, 0.4) is 0 Å². The van der Waals surface area contributed by atoms with Crippen LogP contribution in [0.15, 0.2) is 17.2 Å². The Morgan fingerprint density at radius 2 is 2.20 bits per heavy atom. The lowest BCUT2D eigenvalue weighted by molar-refractivity contribution is 0.0685. The molecule has 1 aromatic heterocycles. The third kappa shape index (κ3) is 3.00. The van der Waals surface area contributed by atoms with Gasteiger partial charge in [-0.1, -0.05) is 0 Å². The first-order chi connectivity index (χ1) is 9.25. The largest absolute Gasteiger partial charge is 0.477 e. The third-order valence-electron chi connectivity index (χ3n) is 3.12. The molecule has 0 bridgehead atoms. The predicted molar refractivity (Wildman–Crippen MR) is 71.7 cm³/mol. The van der Waals surface area contributed by atoms with Crippen LogP contribution in [0.1, 0.15) is 30.8 Å². The van der Waals surface area contributed by atoms with Gasteiger partial charge in [-0.2, -0.15) is 9.57 Å². The van der Waals surface area contributed by atoms with Gasteiger partial charge < -0.3 is 9.67 Å². The van der Waals surface area contributed by atoms with Gasteiger partial charge >= 0.3 is 5.97 Å². The Hall–Kier alpha value is -1.85. The molecule has 1 N–H and O–H groups in total. The van der Waals surface area contributed by atoms with Gasteiger partial charge in [0.15, 0.2) is 0 Å². The van der Waals surface area contributed by atoms with Gasteiger partial charge in [-0.25, -0.2) is 13.2 Å². The number of nitriles is 1. The molecule has 1 rings (SSSR count). The number of carboxylic acids is 1. The zero-order chi connectivity index (χ0) is 15.5. The fraction of sp³-hybridized carbons (Fsp3) is 0.500. The Balaban J connectivity index is 3.23. The molecular weight excluding hydrogens is 282 g/mol. The number of rotatable bonds is 6. The summed E-state index contributed by atoms with van der Waals surface area (Å²) >= 11 is 0. The highest BCUT2D eigenvalue weighted by atomic mass is 32.2. The Bertz CT molecular complexity index is 642. The topological polar surface area (TPSA) is 103 Å². The van der Waals surface area contributed by atoms with Crippen molar-refractivity contribution in [2.75, 3.05) is 7.05 Å². The summed E-state index contributed by atoms with van der Waals surface area (Å²) < 4.78 is 27.2. The molecule has 0 aliphatic heterocycles. The zero-order valence-electron chi connectivity index (χ0n) is 11.6. The van der Waals surface area contributed by atoms with E-state index in [1.807, 2.05) is 6.07 Å². The van der Waals surface area contributed by atoms with E-state index in [1.54, 1.807) is 13.8 Å². The van der Waals surface area contributed by atoms with Crippen molar-refractivity contribution in [3.05, 3.63) is 18.0 Å². The number of aromatic carboxylic acids is 1. The molecule has 1 unspecified atom stereocenters. The van der Waals surface area contributed by atoms with Crippen molar-refractivity contribution >= 4 is 16.0 Å². The third-order valence-corrected chi connectivity index (χ3v) is 5.05. The second kappa shape index (κ2) is 6.07. The highest BCUT2D eigenvalue weighted by molar-refractivity contribution is 7.89. The minimum atomic E-state index is -3.81. The van der Waals surface area contributed by atoms with Crippen molar-refractivity contribution < 1.29 is 18.3 Å². The second-order valence-electron chi connectivity index (χ2n) is 4.38. The van der Waals surface area contributed by atoms with Crippen LogP contribution in [0.4, 0.5) is 0 Å². The second-order valence-corrected chi connectivity index (χ2v) is 6.38. The summed E-state index contributed by atoms with van der Waals surface area (Å²) in [4.78, 5) is 11.0. The Labute approximate surface area is 118 Å². The summed E-state index contributed by atoms with van der Waals surface area (Å²) in [7, 11) is -2.43. The summed E-state index contributed by atoms with van der Waals surface area (Å²) in [5, 5.41) is 17.7. The maximum Gasteiger partial charge on any atom is 0.352 e. The van der Waals surface area contributed by atoms with Crippen LogP contribution in [0.2, 0.25) is 0 Å². The highest BCUT2D eigenvalue weighted by Crippen LogP contribution is 2.20. The van der Waals surface area contributed by atoms with E-state index in [1.165, 1.54) is 17.8 Å². The summed E-state index contributed by atoms with van der Waals surface area (Å²) in [5.41, 5.74) is -0.0765. The normalized spacial score (nSPS) is 13.2. The predicted octanol–water partition coefficient (Wildman–Crippen LogP) is 1.13. The fourth-order valence-corrected chi connectivity index (χ4v) is 3.13. The van der Waals surface area contributed by atoms with Crippen molar-refractivity contribution in [1.82, 2.24) is 8.87 Å². The fourth-order valence-electron chi connectivity index (χ4n) is 1.73. The number of aryl methyl sites for hydroxylation is 1. The highest BCUT2D eigenvalue weighted by Gasteiger charge is 2.28. The lowest BCUT2D eigenvalue weighted by atomic mass is 10.3. The van der Waals surface area contributed by atoms with E-state index >= 15 is 0 Å². The molecule has 0 amide bonds. The Morgan fingerprint density at radius 3 is 2.60 bits per heavy atom. The number of nitrogens with zero attached hydrogens (tertiary/aromatic N) is 3. The molecule has 0 aromatic carbocycles. The van der Waals surface area contributed by atoms with Crippen molar-refractivity contribution in [1.29, 1.82) is 5.26 Å². The van der Waals surface area contributed by atoms with Crippen LogP contribution in [-0.4, -0.2) is 41.5 Å². The zero-order valence-corrected chi connectivity index (χ0v) is 12.4. The molecule has 20 heavy (non-hydrogen) atoms. The summed E-state index contributed by atoms with van der Waals surface area (Å²) in [5.74, 6) is -1.18. The van der Waals surface area contributed by atoms with Gasteiger partial charge in [0.25, 0.3) is 0 Å². The maximum atomic E-state index is 12.4. The molecule has 0 aliphatic rings. The van der Waals surface area contributed by atoms with Crippen LogP contribution in [0.5, 0.6) is 0 Å². The molecule has 0 spiro atoms. The first-order valence-electron chi connectivity index (χ1n) is 6.04.